The number of anilines is 1. The lowest BCUT2D eigenvalue weighted by atomic mass is 9.99. The number of hydrogen-bond acceptors (Lipinski definition) is 6. The second kappa shape index (κ2) is 7.97. The molecule has 1 aromatic heterocycles. The van der Waals surface area contributed by atoms with Crippen LogP contribution in [0.25, 0.3) is 0 Å². The lowest BCUT2D eigenvalue weighted by molar-refractivity contribution is -0.134. The van der Waals surface area contributed by atoms with E-state index in [-0.39, 0.29) is 17.9 Å². The first-order valence-electron chi connectivity index (χ1n) is 9.00. The summed E-state index contributed by atoms with van der Waals surface area (Å²) in [5.41, 5.74) is 6.06. The summed E-state index contributed by atoms with van der Waals surface area (Å²) in [4.78, 5) is 28.4. The molecule has 3 N–H and O–H groups in total. The molecule has 2 aliphatic rings. The summed E-state index contributed by atoms with van der Waals surface area (Å²) in [7, 11) is 0. The first kappa shape index (κ1) is 17.9. The number of rotatable bonds is 5. The van der Waals surface area contributed by atoms with E-state index in [1.807, 2.05) is 9.80 Å². The van der Waals surface area contributed by atoms with Crippen LogP contribution in [-0.2, 0) is 9.59 Å². The summed E-state index contributed by atoms with van der Waals surface area (Å²) in [5, 5.41) is 6.47. The zero-order chi connectivity index (χ0) is 17.8. The number of nitrogens with two attached hydrogens (primary N) is 1. The Kier molecular flexibility index (Phi) is 5.70. The molecular weight excluding hydrogens is 322 g/mol. The van der Waals surface area contributed by atoms with Gasteiger partial charge in [0.1, 0.15) is 5.76 Å². The Labute approximate surface area is 147 Å². The van der Waals surface area contributed by atoms with Gasteiger partial charge in [-0.25, -0.2) is 0 Å². The number of piperazine rings is 1. The molecule has 2 heterocycles. The number of carbonyl (C=O) groups is 2. The zero-order valence-corrected chi connectivity index (χ0v) is 14.7. The summed E-state index contributed by atoms with van der Waals surface area (Å²) < 4.78 is 4.93. The van der Waals surface area contributed by atoms with E-state index in [1.165, 1.54) is 0 Å². The Balaban J connectivity index is 1.39. The molecule has 1 saturated carbocycles. The van der Waals surface area contributed by atoms with E-state index < -0.39 is 0 Å². The van der Waals surface area contributed by atoms with Crippen LogP contribution < -0.4 is 11.1 Å². The number of nitrogens with one attached hydrogen (secondary N) is 1. The maximum absolute atomic E-state index is 12.4. The van der Waals surface area contributed by atoms with Crippen molar-refractivity contribution in [3.05, 3.63) is 11.8 Å². The highest BCUT2D eigenvalue weighted by molar-refractivity contribution is 5.91. The van der Waals surface area contributed by atoms with Crippen LogP contribution in [0.3, 0.4) is 0 Å². The fourth-order valence-electron chi connectivity index (χ4n) is 3.64. The second-order valence-corrected chi connectivity index (χ2v) is 7.09. The minimum Gasteiger partial charge on any atom is -0.360 e. The van der Waals surface area contributed by atoms with Crippen molar-refractivity contribution in [2.45, 2.75) is 38.6 Å². The van der Waals surface area contributed by atoms with E-state index in [0.717, 1.165) is 19.3 Å². The van der Waals surface area contributed by atoms with E-state index in [0.29, 0.717) is 56.6 Å². The predicted molar refractivity (Wildman–Crippen MR) is 92.8 cm³/mol. The van der Waals surface area contributed by atoms with Gasteiger partial charge in [-0.2, -0.15) is 0 Å². The summed E-state index contributed by atoms with van der Waals surface area (Å²) >= 11 is 0. The minimum absolute atomic E-state index is 0.120. The average Bonchev–Trinajstić information content (AvgIpc) is 3.16. The van der Waals surface area contributed by atoms with Crippen molar-refractivity contribution in [2.75, 3.05) is 38.0 Å². The van der Waals surface area contributed by atoms with Gasteiger partial charge < -0.3 is 20.5 Å². The summed E-state index contributed by atoms with van der Waals surface area (Å²) in [5.74, 6) is 1.50. The van der Waals surface area contributed by atoms with E-state index in [4.69, 9.17) is 10.3 Å². The molecule has 8 heteroatoms. The maximum Gasteiger partial charge on any atom is 0.239 e. The predicted octanol–water partition coefficient (Wildman–Crippen LogP) is 0.583. The Hall–Kier alpha value is -1.93. The SMILES string of the molecule is Cc1cc(NC(=O)CN2CCN(C(=O)C[C@@H]3CCC[C@H]3N)CC2)no1. The van der Waals surface area contributed by atoms with Crippen molar-refractivity contribution in [2.24, 2.45) is 11.7 Å². The van der Waals surface area contributed by atoms with Crippen molar-refractivity contribution >= 4 is 17.6 Å². The van der Waals surface area contributed by atoms with E-state index in [9.17, 15) is 9.59 Å². The fraction of sp³-hybridized carbons (Fsp3) is 0.706. The van der Waals surface area contributed by atoms with Crippen LogP contribution in [0.1, 0.15) is 31.4 Å². The van der Waals surface area contributed by atoms with Crippen molar-refractivity contribution < 1.29 is 14.1 Å². The lowest BCUT2D eigenvalue weighted by Crippen LogP contribution is -2.51. The molecule has 1 aromatic rings. The van der Waals surface area contributed by atoms with E-state index in [2.05, 4.69) is 10.5 Å². The molecule has 1 aliphatic heterocycles. The number of hydrogen-bond donors (Lipinski definition) is 2. The van der Waals surface area contributed by atoms with Crippen LogP contribution in [-0.4, -0.2) is 65.5 Å². The minimum atomic E-state index is -0.120. The van der Waals surface area contributed by atoms with Crippen LogP contribution in [0.15, 0.2) is 10.6 Å². The van der Waals surface area contributed by atoms with Gasteiger partial charge in [0.05, 0.1) is 6.54 Å². The van der Waals surface area contributed by atoms with Crippen LogP contribution in [0.5, 0.6) is 0 Å². The normalized spacial score (nSPS) is 24.5. The third-order valence-corrected chi connectivity index (χ3v) is 5.14. The number of carbonyl (C=O) groups excluding carboxylic acids is 2. The Bertz CT molecular complexity index is 609. The molecule has 1 aliphatic carbocycles. The quantitative estimate of drug-likeness (QED) is 0.806. The number of amides is 2. The third-order valence-electron chi connectivity index (χ3n) is 5.14. The van der Waals surface area contributed by atoms with Crippen LogP contribution >= 0.6 is 0 Å². The summed E-state index contributed by atoms with van der Waals surface area (Å²) in [6.07, 6.45) is 3.79. The molecule has 2 amide bonds. The van der Waals surface area contributed by atoms with Gasteiger partial charge in [0.15, 0.2) is 5.82 Å². The molecule has 0 unspecified atom stereocenters. The number of aromatic nitrogens is 1. The van der Waals surface area contributed by atoms with Gasteiger partial charge in [-0.15, -0.1) is 0 Å². The number of aryl methyl sites for hydroxylation is 1. The molecule has 2 fully saturated rings. The third kappa shape index (κ3) is 4.79. The standard InChI is InChI=1S/C17H27N5O3/c1-12-9-15(20-25-12)19-16(23)11-21-5-7-22(8-6-21)17(24)10-13-3-2-4-14(13)18/h9,13-14H,2-8,10-11,18H2,1H3,(H,19,20,23)/t13-,14+/m0/s1. The summed E-state index contributed by atoms with van der Waals surface area (Å²) in [6.45, 7) is 4.80. The molecule has 0 spiro atoms. The largest absolute Gasteiger partial charge is 0.360 e. The molecule has 3 rings (SSSR count). The van der Waals surface area contributed by atoms with Gasteiger partial charge in [-0.05, 0) is 25.7 Å². The van der Waals surface area contributed by atoms with Gasteiger partial charge in [-0.3, -0.25) is 14.5 Å². The van der Waals surface area contributed by atoms with Gasteiger partial charge in [0, 0.05) is 44.7 Å². The average molecular weight is 349 g/mol. The highest BCUT2D eigenvalue weighted by atomic mass is 16.5. The van der Waals surface area contributed by atoms with Crippen LogP contribution in [0.2, 0.25) is 0 Å². The van der Waals surface area contributed by atoms with Crippen molar-refractivity contribution in [3.8, 4) is 0 Å². The Morgan fingerprint density at radius 3 is 2.68 bits per heavy atom. The molecule has 138 valence electrons. The van der Waals surface area contributed by atoms with Gasteiger partial charge in [-0.1, -0.05) is 11.6 Å². The zero-order valence-electron chi connectivity index (χ0n) is 14.7. The fourth-order valence-corrected chi connectivity index (χ4v) is 3.64. The molecule has 1 saturated heterocycles. The monoisotopic (exact) mass is 349 g/mol. The van der Waals surface area contributed by atoms with Crippen molar-refractivity contribution in [1.82, 2.24) is 15.0 Å². The van der Waals surface area contributed by atoms with Gasteiger partial charge >= 0.3 is 0 Å². The van der Waals surface area contributed by atoms with Crippen LogP contribution in [0.4, 0.5) is 5.82 Å². The lowest BCUT2D eigenvalue weighted by Gasteiger charge is -2.35. The van der Waals surface area contributed by atoms with Gasteiger partial charge in [0.2, 0.25) is 11.8 Å². The highest BCUT2D eigenvalue weighted by Crippen LogP contribution is 2.27. The Morgan fingerprint density at radius 2 is 2.08 bits per heavy atom. The molecular formula is C17H27N5O3. The smallest absolute Gasteiger partial charge is 0.239 e. The van der Waals surface area contributed by atoms with E-state index >= 15 is 0 Å². The maximum atomic E-state index is 12.4. The first-order chi connectivity index (χ1) is 12.0. The van der Waals surface area contributed by atoms with E-state index in [1.54, 1.807) is 13.0 Å². The highest BCUT2D eigenvalue weighted by Gasteiger charge is 2.29. The van der Waals surface area contributed by atoms with Crippen molar-refractivity contribution in [1.29, 1.82) is 0 Å². The van der Waals surface area contributed by atoms with Gasteiger partial charge in [0.25, 0.3) is 0 Å². The molecule has 2 atom stereocenters. The molecule has 25 heavy (non-hydrogen) atoms. The summed E-state index contributed by atoms with van der Waals surface area (Å²) in [6, 6.07) is 1.86. The van der Waals surface area contributed by atoms with Crippen LogP contribution in [0, 0.1) is 12.8 Å². The second-order valence-electron chi connectivity index (χ2n) is 7.09. The molecule has 0 bridgehead atoms. The first-order valence-corrected chi connectivity index (χ1v) is 9.00. The van der Waals surface area contributed by atoms with Crippen molar-refractivity contribution in [3.63, 3.8) is 0 Å². The number of nitrogens with zero attached hydrogens (tertiary/aromatic N) is 3. The molecule has 0 radical (unpaired) electrons. The Morgan fingerprint density at radius 1 is 1.32 bits per heavy atom. The topological polar surface area (TPSA) is 105 Å². The molecule has 8 nitrogen and oxygen atoms in total. The molecule has 0 aromatic carbocycles.